The van der Waals surface area contributed by atoms with Crippen LogP contribution in [0.5, 0.6) is 0 Å². The van der Waals surface area contributed by atoms with Crippen molar-refractivity contribution in [2.75, 3.05) is 0 Å². The zero-order valence-electron chi connectivity index (χ0n) is 10.3. The van der Waals surface area contributed by atoms with Crippen molar-refractivity contribution < 1.29 is 5.11 Å². The zero-order chi connectivity index (χ0) is 10.8. The maximum Gasteiger partial charge on any atom is 0.0626 e. The average molecular weight is 214 g/mol. The highest BCUT2D eigenvalue weighted by atomic mass is 28.3. The molecule has 0 heterocycles. The first-order valence-electron chi connectivity index (χ1n) is 6.12. The number of hydrogen-bond acceptors (Lipinski definition) is 1. The lowest BCUT2D eigenvalue weighted by molar-refractivity contribution is 0.171. The van der Waals surface area contributed by atoms with Gasteiger partial charge in [0.1, 0.15) is 0 Å². The summed E-state index contributed by atoms with van der Waals surface area (Å²) in [6.45, 7) is 9.17. The van der Waals surface area contributed by atoms with Crippen molar-refractivity contribution in [2.24, 2.45) is 0 Å². The van der Waals surface area contributed by atoms with Crippen molar-refractivity contribution in [3.63, 3.8) is 0 Å². The van der Waals surface area contributed by atoms with Crippen LogP contribution in [0.2, 0.25) is 24.7 Å². The fourth-order valence-electron chi connectivity index (χ4n) is 2.65. The van der Waals surface area contributed by atoms with Crippen molar-refractivity contribution in [3.8, 4) is 0 Å². The molecule has 1 aliphatic carbocycles. The molecule has 2 heteroatoms. The summed E-state index contributed by atoms with van der Waals surface area (Å²) in [5, 5.41) is 9.86. The molecule has 0 aromatic carbocycles. The molecule has 1 rings (SSSR count). The zero-order valence-corrected chi connectivity index (χ0v) is 11.3. The summed E-state index contributed by atoms with van der Waals surface area (Å²) in [5.74, 6) is 0. The van der Waals surface area contributed by atoms with Crippen LogP contribution in [0.25, 0.3) is 0 Å². The molecule has 1 N–H and O–H groups in total. The quantitative estimate of drug-likeness (QED) is 0.527. The monoisotopic (exact) mass is 214 g/mol. The largest absolute Gasteiger partial charge is 0.390 e. The van der Waals surface area contributed by atoms with Gasteiger partial charge in [-0.25, -0.2) is 0 Å². The van der Waals surface area contributed by atoms with Gasteiger partial charge in [0.15, 0.2) is 0 Å². The highest BCUT2D eigenvalue weighted by molar-refractivity contribution is 6.79. The topological polar surface area (TPSA) is 20.2 Å². The summed E-state index contributed by atoms with van der Waals surface area (Å²) in [4.78, 5) is 0. The maximum atomic E-state index is 9.86. The molecule has 14 heavy (non-hydrogen) atoms. The Kier molecular flexibility index (Phi) is 3.81. The van der Waals surface area contributed by atoms with Crippen LogP contribution in [-0.4, -0.2) is 18.8 Å². The van der Waals surface area contributed by atoms with Gasteiger partial charge in [-0.2, -0.15) is 0 Å². The molecule has 2 unspecified atom stereocenters. The minimum Gasteiger partial charge on any atom is -0.390 e. The van der Waals surface area contributed by atoms with Crippen LogP contribution < -0.4 is 0 Å². The third kappa shape index (κ3) is 3.09. The van der Waals surface area contributed by atoms with Gasteiger partial charge in [0.2, 0.25) is 0 Å². The molecule has 2 atom stereocenters. The van der Waals surface area contributed by atoms with Crippen LogP contribution in [0.15, 0.2) is 0 Å². The summed E-state index contributed by atoms with van der Waals surface area (Å²) >= 11 is 0. The van der Waals surface area contributed by atoms with Gasteiger partial charge < -0.3 is 5.11 Å². The lowest BCUT2D eigenvalue weighted by atomic mass is 10.2. The van der Waals surface area contributed by atoms with Gasteiger partial charge in [-0.1, -0.05) is 51.7 Å². The van der Waals surface area contributed by atoms with Gasteiger partial charge in [-0.3, -0.25) is 0 Å². The molecule has 0 amide bonds. The summed E-state index contributed by atoms with van der Waals surface area (Å²) < 4.78 is 0. The number of hydrogen-bond donors (Lipinski definition) is 1. The molecule has 1 saturated carbocycles. The Morgan fingerprint density at radius 1 is 1.29 bits per heavy atom. The summed E-state index contributed by atoms with van der Waals surface area (Å²) in [6.07, 6.45) is 6.55. The Labute approximate surface area is 89.9 Å². The second-order valence-corrected chi connectivity index (χ2v) is 11.1. The van der Waals surface area contributed by atoms with Crippen LogP contribution in [-0.2, 0) is 0 Å². The first-order chi connectivity index (χ1) is 6.40. The van der Waals surface area contributed by atoms with Gasteiger partial charge in [0.25, 0.3) is 0 Å². The second kappa shape index (κ2) is 4.36. The Bertz CT molecular complexity index is 187. The van der Waals surface area contributed by atoms with E-state index in [4.69, 9.17) is 0 Å². The lowest BCUT2D eigenvalue weighted by Crippen LogP contribution is -2.29. The van der Waals surface area contributed by atoms with Crippen molar-refractivity contribution in [2.45, 2.75) is 76.2 Å². The molecule has 1 fully saturated rings. The summed E-state index contributed by atoms with van der Waals surface area (Å²) in [6, 6.07) is 1.41. The van der Waals surface area contributed by atoms with Crippen molar-refractivity contribution in [3.05, 3.63) is 0 Å². The summed E-state index contributed by atoms with van der Waals surface area (Å²) in [7, 11) is -1.10. The van der Waals surface area contributed by atoms with E-state index in [1.165, 1.54) is 31.7 Å². The van der Waals surface area contributed by atoms with E-state index in [1.807, 2.05) is 6.92 Å². The molecule has 1 nitrogen and oxygen atoms in total. The summed E-state index contributed by atoms with van der Waals surface area (Å²) in [5.41, 5.74) is 0.386. The van der Waals surface area contributed by atoms with E-state index >= 15 is 0 Å². The Morgan fingerprint density at radius 2 is 1.86 bits per heavy atom. The fourth-order valence-corrected chi connectivity index (χ4v) is 6.81. The normalized spacial score (nSPS) is 31.9. The highest BCUT2D eigenvalue weighted by Gasteiger charge is 2.56. The van der Waals surface area contributed by atoms with E-state index in [-0.39, 0.29) is 5.60 Å². The maximum absolute atomic E-state index is 9.86. The SMILES string of the molecule is CCCCCC[Si](C)(C)C1CC1(C)O. The molecule has 0 aliphatic heterocycles. The van der Waals surface area contributed by atoms with E-state index in [9.17, 15) is 5.11 Å². The molecular weight excluding hydrogens is 188 g/mol. The van der Waals surface area contributed by atoms with Gasteiger partial charge in [-0.05, 0) is 18.9 Å². The van der Waals surface area contributed by atoms with E-state index in [1.54, 1.807) is 0 Å². The molecule has 1 aliphatic rings. The van der Waals surface area contributed by atoms with Crippen LogP contribution in [0.1, 0.15) is 46.0 Å². The average Bonchev–Trinajstić information content (AvgIpc) is 2.70. The molecule has 0 radical (unpaired) electrons. The van der Waals surface area contributed by atoms with E-state index < -0.39 is 8.07 Å². The van der Waals surface area contributed by atoms with Crippen LogP contribution >= 0.6 is 0 Å². The number of aliphatic hydroxyl groups is 1. The molecule has 0 aromatic heterocycles. The number of rotatable bonds is 6. The van der Waals surface area contributed by atoms with Gasteiger partial charge in [0, 0.05) is 0 Å². The third-order valence-corrected chi connectivity index (χ3v) is 8.18. The Balaban J connectivity index is 2.22. The van der Waals surface area contributed by atoms with E-state index in [0.717, 1.165) is 6.42 Å². The molecule has 84 valence electrons. The van der Waals surface area contributed by atoms with Crippen LogP contribution in [0, 0.1) is 0 Å². The minimum absolute atomic E-state index is 0.291. The second-order valence-electron chi connectivity index (χ2n) is 5.91. The fraction of sp³-hybridized carbons (Fsp3) is 1.00. The van der Waals surface area contributed by atoms with Gasteiger partial charge in [0.05, 0.1) is 13.7 Å². The lowest BCUT2D eigenvalue weighted by Gasteiger charge is -2.23. The predicted octanol–water partition coefficient (Wildman–Crippen LogP) is 3.80. The van der Waals surface area contributed by atoms with Crippen molar-refractivity contribution in [1.29, 1.82) is 0 Å². The molecule has 0 spiro atoms. The van der Waals surface area contributed by atoms with Crippen LogP contribution in [0.4, 0.5) is 0 Å². The Morgan fingerprint density at radius 3 is 2.29 bits per heavy atom. The first kappa shape index (κ1) is 12.2. The first-order valence-corrected chi connectivity index (χ1v) is 9.41. The predicted molar refractivity (Wildman–Crippen MR) is 65.4 cm³/mol. The smallest absolute Gasteiger partial charge is 0.0626 e. The molecule has 0 aromatic rings. The van der Waals surface area contributed by atoms with E-state index in [2.05, 4.69) is 20.0 Å². The van der Waals surface area contributed by atoms with Crippen molar-refractivity contribution >= 4 is 8.07 Å². The molecular formula is C12H26OSi. The standard InChI is InChI=1S/C12H26OSi/c1-5-6-7-8-9-14(3,4)11-10-12(11,2)13/h11,13H,5-10H2,1-4H3. The Hall–Kier alpha value is 0.177. The molecule has 0 saturated heterocycles. The van der Waals surface area contributed by atoms with E-state index in [0.29, 0.717) is 5.54 Å². The van der Waals surface area contributed by atoms with Crippen molar-refractivity contribution in [1.82, 2.24) is 0 Å². The highest BCUT2D eigenvalue weighted by Crippen LogP contribution is 2.56. The third-order valence-electron chi connectivity index (χ3n) is 3.83. The number of unbranched alkanes of at least 4 members (excludes halogenated alkanes) is 3. The molecule has 0 bridgehead atoms. The van der Waals surface area contributed by atoms with Gasteiger partial charge >= 0.3 is 0 Å². The van der Waals surface area contributed by atoms with Gasteiger partial charge in [-0.15, -0.1) is 0 Å². The van der Waals surface area contributed by atoms with Crippen LogP contribution in [0.3, 0.4) is 0 Å². The minimum atomic E-state index is -1.10.